The fraction of sp³-hybridized carbons (Fsp3) is 0.375. The highest BCUT2D eigenvalue weighted by atomic mass is 35.5. The van der Waals surface area contributed by atoms with Crippen molar-refractivity contribution in [2.45, 2.75) is 18.7 Å². The molecule has 128 valence electrons. The van der Waals surface area contributed by atoms with Crippen LogP contribution in [0.3, 0.4) is 0 Å². The van der Waals surface area contributed by atoms with Gasteiger partial charge in [0.15, 0.2) is 5.13 Å². The van der Waals surface area contributed by atoms with Crippen LogP contribution in [0, 0.1) is 0 Å². The molecule has 0 radical (unpaired) electrons. The molecule has 24 heavy (non-hydrogen) atoms. The smallest absolute Gasteiger partial charge is 0.236 e. The average molecular weight is 402 g/mol. The molecule has 2 heterocycles. The highest BCUT2D eigenvalue weighted by Gasteiger charge is 2.19. The predicted molar refractivity (Wildman–Crippen MR) is 103 cm³/mol. The molecule has 1 aromatic carbocycles. The van der Waals surface area contributed by atoms with E-state index < -0.39 is 0 Å². The second-order valence-corrected chi connectivity index (χ2v) is 8.57. The Labute approximate surface area is 159 Å². The van der Waals surface area contributed by atoms with Crippen LogP contribution in [-0.4, -0.2) is 35.1 Å². The highest BCUT2D eigenvalue weighted by molar-refractivity contribution is 7.99. The molecule has 0 atom stereocenters. The molecule has 0 saturated carbocycles. The molecule has 0 bridgehead atoms. The summed E-state index contributed by atoms with van der Waals surface area (Å²) in [7, 11) is 2.10. The fourth-order valence-corrected chi connectivity index (χ4v) is 4.91. The number of thiazole rings is 1. The Kier molecular flexibility index (Phi) is 6.05. The van der Waals surface area contributed by atoms with Gasteiger partial charge < -0.3 is 10.2 Å². The lowest BCUT2D eigenvalue weighted by Gasteiger charge is -2.20. The lowest BCUT2D eigenvalue weighted by atomic mass is 10.2. The zero-order chi connectivity index (χ0) is 17.1. The van der Waals surface area contributed by atoms with Crippen molar-refractivity contribution in [3.8, 4) is 0 Å². The van der Waals surface area contributed by atoms with Crippen molar-refractivity contribution in [2.24, 2.45) is 0 Å². The van der Waals surface area contributed by atoms with E-state index >= 15 is 0 Å². The lowest BCUT2D eigenvalue weighted by Crippen LogP contribution is -2.25. The molecular formula is C16H17Cl2N3OS2. The number of anilines is 1. The predicted octanol–water partition coefficient (Wildman–Crippen LogP) is 4.31. The van der Waals surface area contributed by atoms with Crippen LogP contribution in [0.5, 0.6) is 0 Å². The fourth-order valence-electron chi connectivity index (χ4n) is 2.42. The third kappa shape index (κ3) is 4.64. The maximum Gasteiger partial charge on any atom is 0.236 e. The molecule has 3 rings (SSSR count). The quantitative estimate of drug-likeness (QED) is 0.810. The van der Waals surface area contributed by atoms with Gasteiger partial charge in [0, 0.05) is 40.2 Å². The molecule has 1 amide bonds. The number of amides is 1. The number of hydrogen-bond acceptors (Lipinski definition) is 5. The zero-order valence-corrected chi connectivity index (χ0v) is 16.3. The maximum absolute atomic E-state index is 12.1. The first-order chi connectivity index (χ1) is 11.5. The van der Waals surface area contributed by atoms with Gasteiger partial charge in [-0.3, -0.25) is 4.79 Å². The minimum absolute atomic E-state index is 0.0375. The molecule has 0 aliphatic carbocycles. The first-order valence-corrected chi connectivity index (χ1v) is 10.2. The Balaban J connectivity index is 1.49. The van der Waals surface area contributed by atoms with Crippen molar-refractivity contribution in [3.63, 3.8) is 0 Å². The standard InChI is InChI=1S/C16H17Cl2N3OS2/c1-21-5-4-13-14(7-21)24-16(19-13)20-15(22)9-23-8-10-2-3-11(17)6-12(10)18/h2-3,6H,4-5,7-9H2,1H3,(H,19,20,22). The average Bonchev–Trinajstić information content (AvgIpc) is 2.90. The SMILES string of the molecule is CN1CCc2nc(NC(=O)CSCc3ccc(Cl)cc3Cl)sc2C1. The van der Waals surface area contributed by atoms with Crippen LogP contribution >= 0.6 is 46.3 Å². The number of nitrogens with one attached hydrogen (secondary N) is 1. The number of nitrogens with zero attached hydrogens (tertiary/aromatic N) is 2. The summed E-state index contributed by atoms with van der Waals surface area (Å²) in [5, 5.41) is 4.85. The van der Waals surface area contributed by atoms with Crippen molar-refractivity contribution in [1.29, 1.82) is 0 Å². The first-order valence-electron chi connectivity index (χ1n) is 7.50. The zero-order valence-electron chi connectivity index (χ0n) is 13.1. The second kappa shape index (κ2) is 8.06. The van der Waals surface area contributed by atoms with E-state index in [-0.39, 0.29) is 5.91 Å². The van der Waals surface area contributed by atoms with Crippen LogP contribution in [0.15, 0.2) is 18.2 Å². The normalized spacial score (nSPS) is 14.5. The molecule has 0 spiro atoms. The number of fused-ring (bicyclic) bond motifs is 1. The number of benzene rings is 1. The number of halogens is 2. The Hall–Kier alpha value is -0.790. The van der Waals surface area contributed by atoms with Crippen LogP contribution in [0.4, 0.5) is 5.13 Å². The van der Waals surface area contributed by atoms with Crippen LogP contribution in [0.25, 0.3) is 0 Å². The summed E-state index contributed by atoms with van der Waals surface area (Å²) in [6.07, 6.45) is 0.946. The van der Waals surface area contributed by atoms with Gasteiger partial charge in [0.05, 0.1) is 11.4 Å². The van der Waals surface area contributed by atoms with Crippen LogP contribution in [-0.2, 0) is 23.5 Å². The number of hydrogen-bond donors (Lipinski definition) is 1. The van der Waals surface area contributed by atoms with Gasteiger partial charge in [-0.2, -0.15) is 0 Å². The minimum atomic E-state index is -0.0375. The van der Waals surface area contributed by atoms with Crippen LogP contribution < -0.4 is 5.32 Å². The molecule has 2 aromatic rings. The third-order valence-corrected chi connectivity index (χ3v) is 6.24. The van der Waals surface area contributed by atoms with Gasteiger partial charge in [-0.1, -0.05) is 29.3 Å². The van der Waals surface area contributed by atoms with Crippen LogP contribution in [0.1, 0.15) is 16.1 Å². The van der Waals surface area contributed by atoms with Crippen molar-refractivity contribution < 1.29 is 4.79 Å². The van der Waals surface area contributed by atoms with E-state index in [1.54, 1.807) is 23.5 Å². The third-order valence-electron chi connectivity index (χ3n) is 3.67. The van der Waals surface area contributed by atoms with E-state index in [9.17, 15) is 4.79 Å². The minimum Gasteiger partial charge on any atom is -0.301 e. The summed E-state index contributed by atoms with van der Waals surface area (Å²) < 4.78 is 0. The van der Waals surface area contributed by atoms with E-state index in [4.69, 9.17) is 23.2 Å². The summed E-state index contributed by atoms with van der Waals surface area (Å²) >= 11 is 15.1. The van der Waals surface area contributed by atoms with Gasteiger partial charge in [-0.15, -0.1) is 23.1 Å². The maximum atomic E-state index is 12.1. The van der Waals surface area contributed by atoms with Gasteiger partial charge in [-0.05, 0) is 24.7 Å². The summed E-state index contributed by atoms with van der Waals surface area (Å²) in [6, 6.07) is 5.41. The van der Waals surface area contributed by atoms with Gasteiger partial charge >= 0.3 is 0 Å². The Morgan fingerprint density at radius 1 is 1.46 bits per heavy atom. The molecule has 1 aliphatic heterocycles. The Morgan fingerprint density at radius 2 is 2.29 bits per heavy atom. The summed E-state index contributed by atoms with van der Waals surface area (Å²) in [5.41, 5.74) is 2.10. The molecule has 4 nitrogen and oxygen atoms in total. The van der Waals surface area contributed by atoms with E-state index in [1.807, 2.05) is 6.07 Å². The van der Waals surface area contributed by atoms with Gasteiger partial charge in [0.2, 0.25) is 5.91 Å². The second-order valence-electron chi connectivity index (χ2n) is 5.65. The van der Waals surface area contributed by atoms with Gasteiger partial charge in [0.25, 0.3) is 0 Å². The Morgan fingerprint density at radius 3 is 3.08 bits per heavy atom. The summed E-state index contributed by atoms with van der Waals surface area (Å²) in [4.78, 5) is 20.1. The Bertz CT molecular complexity index is 751. The number of carbonyl (C=O) groups is 1. The van der Waals surface area contributed by atoms with E-state index in [0.717, 1.165) is 30.8 Å². The number of rotatable bonds is 5. The van der Waals surface area contributed by atoms with Crippen molar-refractivity contribution in [3.05, 3.63) is 44.4 Å². The number of thioether (sulfide) groups is 1. The monoisotopic (exact) mass is 401 g/mol. The van der Waals surface area contributed by atoms with Crippen molar-refractivity contribution in [2.75, 3.05) is 24.7 Å². The van der Waals surface area contributed by atoms with E-state index in [0.29, 0.717) is 26.7 Å². The molecule has 0 unspecified atom stereocenters. The molecule has 1 aliphatic rings. The number of likely N-dealkylation sites (N-methyl/N-ethyl adjacent to an activating group) is 1. The van der Waals surface area contributed by atoms with E-state index in [2.05, 4.69) is 22.2 Å². The topological polar surface area (TPSA) is 45.2 Å². The molecule has 0 fully saturated rings. The summed E-state index contributed by atoms with van der Waals surface area (Å²) in [5.74, 6) is 0.996. The van der Waals surface area contributed by atoms with Crippen molar-refractivity contribution >= 4 is 57.3 Å². The molecule has 8 heteroatoms. The first kappa shape index (κ1) is 18.0. The molecule has 0 saturated heterocycles. The lowest BCUT2D eigenvalue weighted by molar-refractivity contribution is -0.113. The molecule has 1 aromatic heterocycles. The van der Waals surface area contributed by atoms with Crippen molar-refractivity contribution in [1.82, 2.24) is 9.88 Å². The number of carbonyl (C=O) groups excluding carboxylic acids is 1. The van der Waals surface area contributed by atoms with Gasteiger partial charge in [-0.25, -0.2) is 4.98 Å². The molecule has 1 N–H and O–H groups in total. The largest absolute Gasteiger partial charge is 0.301 e. The molecular weight excluding hydrogens is 385 g/mol. The highest BCUT2D eigenvalue weighted by Crippen LogP contribution is 2.28. The summed E-state index contributed by atoms with van der Waals surface area (Å²) in [6.45, 7) is 1.93. The van der Waals surface area contributed by atoms with Gasteiger partial charge in [0.1, 0.15) is 0 Å². The van der Waals surface area contributed by atoms with E-state index in [1.165, 1.54) is 16.6 Å². The number of aromatic nitrogens is 1. The van der Waals surface area contributed by atoms with Crippen LogP contribution in [0.2, 0.25) is 10.0 Å².